The molecule has 0 aliphatic rings. The van der Waals surface area contributed by atoms with Crippen molar-refractivity contribution in [3.8, 4) is 0 Å². The second kappa shape index (κ2) is 10.9. The zero-order valence-electron chi connectivity index (χ0n) is 8.63. The van der Waals surface area contributed by atoms with Gasteiger partial charge in [0.15, 0.2) is 0 Å². The summed E-state index contributed by atoms with van der Waals surface area (Å²) in [5.74, 6) is -0.163. The van der Waals surface area contributed by atoms with E-state index in [-0.39, 0.29) is 11.8 Å². The van der Waals surface area contributed by atoms with E-state index in [0.717, 1.165) is 12.8 Å². The molecule has 0 bridgehead atoms. The number of ether oxygens (including phenoxy) is 1. The zero-order valence-corrected chi connectivity index (χ0v) is 8.63. The Labute approximate surface area is 79.8 Å². The molecule has 0 atom stereocenters. The van der Waals surface area contributed by atoms with Crippen LogP contribution in [0.4, 0.5) is 0 Å². The smallest absolute Gasteiger partial charge is 0.330 e. The first kappa shape index (κ1) is 14.4. The summed E-state index contributed by atoms with van der Waals surface area (Å²) in [5, 5.41) is 0. The first-order chi connectivity index (χ1) is 6.04. The van der Waals surface area contributed by atoms with Crippen molar-refractivity contribution < 1.29 is 14.3 Å². The number of Topliss-reactive ketones (excluding diaryl/α,β-unsaturated/α-hetero) is 1. The summed E-state index contributed by atoms with van der Waals surface area (Å²) in [6.45, 7) is 8.88. The molecule has 0 rings (SSSR count). The molecule has 13 heavy (non-hydrogen) atoms. The number of hydrogen-bond acceptors (Lipinski definition) is 3. The van der Waals surface area contributed by atoms with E-state index in [1.54, 1.807) is 0 Å². The number of unbranched alkanes of at least 4 members (excludes halogenated alkanes) is 1. The maximum atomic E-state index is 10.3. The lowest BCUT2D eigenvalue weighted by Crippen LogP contribution is -2.00. The SMILES string of the molecule is C=CC(=O)OCCCC.CC(C)=O. The maximum absolute atomic E-state index is 10.3. The van der Waals surface area contributed by atoms with Gasteiger partial charge in [0.2, 0.25) is 0 Å². The highest BCUT2D eigenvalue weighted by molar-refractivity contribution is 5.81. The van der Waals surface area contributed by atoms with Gasteiger partial charge in [0.1, 0.15) is 5.78 Å². The van der Waals surface area contributed by atoms with Crippen LogP contribution in [0.1, 0.15) is 33.6 Å². The lowest BCUT2D eigenvalue weighted by molar-refractivity contribution is -0.137. The van der Waals surface area contributed by atoms with Crippen molar-refractivity contribution in [3.63, 3.8) is 0 Å². The number of carbonyl (C=O) groups excluding carboxylic acids is 2. The quantitative estimate of drug-likeness (QED) is 0.383. The summed E-state index contributed by atoms with van der Waals surface area (Å²) in [4.78, 5) is 19.8. The van der Waals surface area contributed by atoms with E-state index in [1.165, 1.54) is 19.9 Å². The summed E-state index contributed by atoms with van der Waals surface area (Å²) >= 11 is 0. The zero-order chi connectivity index (χ0) is 10.7. The molecule has 0 aromatic carbocycles. The Morgan fingerprint density at radius 1 is 1.38 bits per heavy atom. The van der Waals surface area contributed by atoms with Crippen molar-refractivity contribution >= 4 is 11.8 Å². The van der Waals surface area contributed by atoms with E-state index in [0.29, 0.717) is 6.61 Å². The Bertz CT molecular complexity index is 158. The van der Waals surface area contributed by atoms with Crippen LogP contribution in [-0.4, -0.2) is 18.4 Å². The van der Waals surface area contributed by atoms with Crippen LogP contribution in [0, 0.1) is 0 Å². The average molecular weight is 186 g/mol. The molecule has 0 saturated carbocycles. The van der Waals surface area contributed by atoms with Crippen LogP contribution in [-0.2, 0) is 14.3 Å². The van der Waals surface area contributed by atoms with E-state index >= 15 is 0 Å². The predicted octanol–water partition coefficient (Wildman–Crippen LogP) is 2.11. The molecule has 3 heteroatoms. The highest BCUT2D eigenvalue weighted by Gasteiger charge is 1.91. The van der Waals surface area contributed by atoms with Crippen molar-refractivity contribution in [2.45, 2.75) is 33.6 Å². The molecule has 0 aromatic rings. The van der Waals surface area contributed by atoms with Crippen LogP contribution in [0.5, 0.6) is 0 Å². The first-order valence-corrected chi connectivity index (χ1v) is 4.31. The van der Waals surface area contributed by atoms with Gasteiger partial charge in [0.05, 0.1) is 6.61 Å². The predicted molar refractivity (Wildman–Crippen MR) is 52.4 cm³/mol. The molecule has 3 nitrogen and oxygen atoms in total. The largest absolute Gasteiger partial charge is 0.463 e. The van der Waals surface area contributed by atoms with Gasteiger partial charge >= 0.3 is 5.97 Å². The summed E-state index contributed by atoms with van der Waals surface area (Å²) in [6.07, 6.45) is 3.15. The van der Waals surface area contributed by atoms with Gasteiger partial charge in [0, 0.05) is 6.08 Å². The Balaban J connectivity index is 0. The van der Waals surface area contributed by atoms with Crippen molar-refractivity contribution in [3.05, 3.63) is 12.7 Å². The molecule has 0 aliphatic heterocycles. The van der Waals surface area contributed by atoms with Gasteiger partial charge in [-0.25, -0.2) is 4.79 Å². The highest BCUT2D eigenvalue weighted by Crippen LogP contribution is 1.88. The van der Waals surface area contributed by atoms with Gasteiger partial charge in [-0.2, -0.15) is 0 Å². The summed E-state index contributed by atoms with van der Waals surface area (Å²) in [6, 6.07) is 0. The Morgan fingerprint density at radius 3 is 2.15 bits per heavy atom. The molecular formula is C10H18O3. The van der Waals surface area contributed by atoms with E-state index in [1.807, 2.05) is 6.92 Å². The van der Waals surface area contributed by atoms with Crippen molar-refractivity contribution in [2.24, 2.45) is 0 Å². The molecule has 0 spiro atoms. The summed E-state index contributed by atoms with van der Waals surface area (Å²) < 4.78 is 4.67. The third kappa shape index (κ3) is 24.8. The van der Waals surface area contributed by atoms with Crippen LogP contribution >= 0.6 is 0 Å². The van der Waals surface area contributed by atoms with Crippen molar-refractivity contribution in [1.82, 2.24) is 0 Å². The second-order valence-corrected chi connectivity index (χ2v) is 2.63. The van der Waals surface area contributed by atoms with Gasteiger partial charge in [0.25, 0.3) is 0 Å². The van der Waals surface area contributed by atoms with Crippen LogP contribution < -0.4 is 0 Å². The minimum absolute atomic E-state index is 0.167. The fourth-order valence-electron chi connectivity index (χ4n) is 0.376. The third-order valence-corrected chi connectivity index (χ3v) is 0.909. The number of rotatable bonds is 4. The molecule has 0 saturated heterocycles. The van der Waals surface area contributed by atoms with Crippen LogP contribution in [0.2, 0.25) is 0 Å². The van der Waals surface area contributed by atoms with E-state index in [9.17, 15) is 9.59 Å². The average Bonchev–Trinajstić information content (AvgIpc) is 2.03. The molecular weight excluding hydrogens is 168 g/mol. The molecule has 0 fully saturated rings. The molecule has 0 unspecified atom stereocenters. The normalized spacial score (nSPS) is 7.92. The minimum atomic E-state index is -0.330. The number of ketones is 1. The molecule has 0 heterocycles. The van der Waals surface area contributed by atoms with Gasteiger partial charge < -0.3 is 9.53 Å². The monoisotopic (exact) mass is 186 g/mol. The fourth-order valence-corrected chi connectivity index (χ4v) is 0.376. The van der Waals surface area contributed by atoms with Crippen molar-refractivity contribution in [2.75, 3.05) is 6.61 Å². The lowest BCUT2D eigenvalue weighted by atomic mass is 10.4. The van der Waals surface area contributed by atoms with Gasteiger partial charge in [-0.3, -0.25) is 0 Å². The van der Waals surface area contributed by atoms with E-state index < -0.39 is 0 Å². The highest BCUT2D eigenvalue weighted by atomic mass is 16.5. The Morgan fingerprint density at radius 2 is 1.85 bits per heavy atom. The van der Waals surface area contributed by atoms with Crippen LogP contribution in [0.15, 0.2) is 12.7 Å². The van der Waals surface area contributed by atoms with Crippen LogP contribution in [0.3, 0.4) is 0 Å². The van der Waals surface area contributed by atoms with Crippen molar-refractivity contribution in [1.29, 1.82) is 0 Å². The van der Waals surface area contributed by atoms with Crippen LogP contribution in [0.25, 0.3) is 0 Å². The standard InChI is InChI=1S/C7H12O2.C3H6O/c1-3-5-6-9-7(8)4-2;1-3(2)4/h4H,2-3,5-6H2,1H3;1-2H3. The van der Waals surface area contributed by atoms with E-state index in [2.05, 4.69) is 11.3 Å². The summed E-state index contributed by atoms with van der Waals surface area (Å²) in [7, 11) is 0. The minimum Gasteiger partial charge on any atom is -0.463 e. The Kier molecular flexibility index (Phi) is 12.1. The Hall–Kier alpha value is -1.12. The second-order valence-electron chi connectivity index (χ2n) is 2.63. The first-order valence-electron chi connectivity index (χ1n) is 4.31. The molecule has 0 aliphatic carbocycles. The summed E-state index contributed by atoms with van der Waals surface area (Å²) in [5.41, 5.74) is 0. The maximum Gasteiger partial charge on any atom is 0.330 e. The molecule has 0 amide bonds. The number of hydrogen-bond donors (Lipinski definition) is 0. The number of esters is 1. The molecule has 0 aromatic heterocycles. The topological polar surface area (TPSA) is 43.4 Å². The molecule has 0 radical (unpaired) electrons. The molecule has 0 N–H and O–H groups in total. The van der Waals surface area contributed by atoms with Gasteiger partial charge in [-0.1, -0.05) is 19.9 Å². The van der Waals surface area contributed by atoms with E-state index in [4.69, 9.17) is 0 Å². The lowest BCUT2D eigenvalue weighted by Gasteiger charge is -1.97. The van der Waals surface area contributed by atoms with Gasteiger partial charge in [-0.05, 0) is 20.3 Å². The number of carbonyl (C=O) groups is 2. The molecule has 76 valence electrons. The fraction of sp³-hybridized carbons (Fsp3) is 0.600. The van der Waals surface area contributed by atoms with Gasteiger partial charge in [-0.15, -0.1) is 0 Å². The third-order valence-electron chi connectivity index (χ3n) is 0.909.